The van der Waals surface area contributed by atoms with Crippen LogP contribution in [0.15, 0.2) is 60.7 Å². The number of benzene rings is 5. The van der Waals surface area contributed by atoms with Crippen molar-refractivity contribution >= 4 is 109 Å². The Hall–Kier alpha value is -8.20. The Morgan fingerprint density at radius 3 is 0.667 bits per heavy atom. The molecular weight excluding hydrogens is 771 g/mol. The van der Waals surface area contributed by atoms with Crippen LogP contribution in [0.1, 0.15) is 0 Å². The lowest BCUT2D eigenvalue weighted by Crippen LogP contribution is -1.92. The molecule has 5 aromatic heterocycles. The topological polar surface area (TPSA) is 227 Å². The molecule has 10 N–H and O–H groups in total. The number of nitrogens with zero attached hydrogens (tertiary/aromatic N) is 5. The number of aromatic hydroxyl groups is 10. The van der Waals surface area contributed by atoms with Crippen molar-refractivity contribution in [3.8, 4) is 57.5 Å². The second kappa shape index (κ2) is 11.0. The number of aryl methyl sites for hydroxylation is 5. The summed E-state index contributed by atoms with van der Waals surface area (Å²) in [4.78, 5) is 0. The summed E-state index contributed by atoms with van der Waals surface area (Å²) in [6.07, 6.45) is 0. The number of hydrogen-bond donors (Lipinski definition) is 10. The van der Waals surface area contributed by atoms with Crippen LogP contribution in [0.5, 0.6) is 57.5 Å². The average molecular weight is 806 g/mol. The Labute approximate surface area is 335 Å². The molecule has 11 aromatic rings. The van der Waals surface area contributed by atoms with E-state index in [4.69, 9.17) is 0 Å². The monoisotopic (exact) mass is 805 g/mol. The lowest BCUT2D eigenvalue weighted by atomic mass is 10.0. The smallest absolute Gasteiger partial charge is 0.167 e. The molecule has 0 atom stereocenters. The molecule has 11 rings (SSSR count). The van der Waals surface area contributed by atoms with Gasteiger partial charge in [-0.25, -0.2) is 0 Å². The number of rotatable bonds is 0. The summed E-state index contributed by atoms with van der Waals surface area (Å²) >= 11 is 0. The largest absolute Gasteiger partial charge is 0.504 e. The maximum atomic E-state index is 11.7. The molecule has 0 saturated carbocycles. The van der Waals surface area contributed by atoms with E-state index in [1.807, 2.05) is 10.6 Å². The minimum Gasteiger partial charge on any atom is -0.504 e. The quantitative estimate of drug-likeness (QED) is 0.0663. The molecule has 5 heterocycles. The molecule has 0 saturated heterocycles. The van der Waals surface area contributed by atoms with Gasteiger partial charge in [0.15, 0.2) is 57.5 Å². The van der Waals surface area contributed by atoms with Crippen molar-refractivity contribution in [3.63, 3.8) is 0 Å². The fourth-order valence-electron chi connectivity index (χ4n) is 9.73. The van der Waals surface area contributed by atoms with Crippen LogP contribution >= 0.6 is 0 Å². The minimum atomic E-state index is -0.585. The highest BCUT2D eigenvalue weighted by Gasteiger charge is 2.25. The summed E-state index contributed by atoms with van der Waals surface area (Å²) in [7, 11) is 8.72. The Morgan fingerprint density at radius 2 is 0.417 bits per heavy atom. The highest BCUT2D eigenvalue weighted by atomic mass is 16.3. The highest BCUT2D eigenvalue weighted by Crippen LogP contribution is 2.51. The Balaban J connectivity index is 1.54. The molecule has 15 nitrogen and oxygen atoms in total. The van der Waals surface area contributed by atoms with Gasteiger partial charge in [0, 0.05) is 114 Å². The van der Waals surface area contributed by atoms with Gasteiger partial charge in [-0.15, -0.1) is 0 Å². The fourth-order valence-corrected chi connectivity index (χ4v) is 9.73. The zero-order chi connectivity index (χ0) is 42.3. The van der Waals surface area contributed by atoms with E-state index in [1.54, 1.807) is 77.8 Å². The number of hydrogen-bond acceptors (Lipinski definition) is 10. The summed E-state index contributed by atoms with van der Waals surface area (Å²) in [6, 6.07) is 15.7. The average Bonchev–Trinajstić information content (AvgIpc) is 3.98. The minimum absolute atomic E-state index is 0.00983. The van der Waals surface area contributed by atoms with Crippen LogP contribution in [-0.2, 0) is 35.2 Å². The molecule has 6 aromatic carbocycles. The summed E-state index contributed by atoms with van der Waals surface area (Å²) in [6.45, 7) is 0. The van der Waals surface area contributed by atoms with Gasteiger partial charge in [-0.05, 0) is 30.3 Å². The normalized spacial score (nSPS) is 12.4. The van der Waals surface area contributed by atoms with Crippen LogP contribution in [0.3, 0.4) is 0 Å². The molecular formula is C45H35N5O10. The number of phenols is 10. The molecule has 0 fully saturated rings. The molecule has 0 aliphatic rings. The van der Waals surface area contributed by atoms with E-state index in [-0.39, 0.29) is 26.9 Å². The zero-order valence-corrected chi connectivity index (χ0v) is 32.5. The van der Waals surface area contributed by atoms with E-state index in [1.165, 1.54) is 30.3 Å². The van der Waals surface area contributed by atoms with Crippen LogP contribution in [0.4, 0.5) is 0 Å². The van der Waals surface area contributed by atoms with Gasteiger partial charge in [0.1, 0.15) is 0 Å². The van der Waals surface area contributed by atoms with Gasteiger partial charge in [-0.3, -0.25) is 0 Å². The van der Waals surface area contributed by atoms with Crippen molar-refractivity contribution < 1.29 is 51.1 Å². The molecule has 0 radical (unpaired) electrons. The number of phenolic OH excluding ortho intramolecular Hbond substituents is 10. The van der Waals surface area contributed by atoms with Crippen molar-refractivity contribution in [2.45, 2.75) is 0 Å². The number of aromatic nitrogens is 5. The van der Waals surface area contributed by atoms with Crippen LogP contribution in [0.25, 0.3) is 109 Å². The van der Waals surface area contributed by atoms with E-state index in [0.717, 1.165) is 0 Å². The fraction of sp³-hybridized carbons (Fsp3) is 0.111. The van der Waals surface area contributed by atoms with E-state index in [2.05, 4.69) is 0 Å². The van der Waals surface area contributed by atoms with Gasteiger partial charge in [-0.2, -0.15) is 0 Å². The van der Waals surface area contributed by atoms with Gasteiger partial charge < -0.3 is 73.9 Å². The second-order valence-corrected chi connectivity index (χ2v) is 15.7. The first-order valence-electron chi connectivity index (χ1n) is 18.7. The van der Waals surface area contributed by atoms with Crippen LogP contribution < -0.4 is 0 Å². The van der Waals surface area contributed by atoms with Gasteiger partial charge in [0.25, 0.3) is 0 Å². The summed E-state index contributed by atoms with van der Waals surface area (Å²) in [5.41, 5.74) is 4.78. The summed E-state index contributed by atoms with van der Waals surface area (Å²) in [5.74, 6) is -5.13. The predicted octanol–water partition coefficient (Wildman–Crippen LogP) is 8.09. The van der Waals surface area contributed by atoms with Crippen LogP contribution in [0.2, 0.25) is 0 Å². The third kappa shape index (κ3) is 4.02. The van der Waals surface area contributed by atoms with Gasteiger partial charge in [-0.1, -0.05) is 0 Å². The first-order valence-corrected chi connectivity index (χ1v) is 18.7. The summed E-state index contributed by atoms with van der Waals surface area (Å²) in [5, 5.41) is 117. The molecule has 0 aliphatic carbocycles. The Bertz CT molecular complexity index is 3950. The molecule has 0 unspecified atom stereocenters. The van der Waals surface area contributed by atoms with Crippen molar-refractivity contribution in [2.24, 2.45) is 35.2 Å². The third-order valence-corrected chi connectivity index (χ3v) is 12.8. The zero-order valence-electron chi connectivity index (χ0n) is 32.5. The molecule has 0 amide bonds. The summed E-state index contributed by atoms with van der Waals surface area (Å²) < 4.78 is 8.80. The lowest BCUT2D eigenvalue weighted by Gasteiger charge is -2.09. The van der Waals surface area contributed by atoms with Crippen LogP contribution in [-0.4, -0.2) is 73.9 Å². The standard InChI is InChI=1S/C45H35N5O10/c1-46-21-11-31(51)41(56)36-16(21)6-26(46)27-7-17-22(47(27)2)12-32(52)42(57)37(17)38-18-8-28(48(3)23(18)13-33(53)43(38)58)29-9-19-24(49(29)4)14-34(54)44(59)39(19)40-20-10-30(36)50(5)25(20)15-35(55)45(40)60/h6-15,51-60H,1-5H3. The number of fused-ring (bicyclic) bond motifs is 10. The van der Waals surface area contributed by atoms with Crippen molar-refractivity contribution in [1.29, 1.82) is 0 Å². The molecule has 0 spiro atoms. The van der Waals surface area contributed by atoms with Gasteiger partial charge in [0.05, 0.1) is 60.6 Å². The van der Waals surface area contributed by atoms with E-state index in [0.29, 0.717) is 82.1 Å². The molecule has 10 bridgehead atoms. The second-order valence-electron chi connectivity index (χ2n) is 15.7. The Kier molecular flexibility index (Phi) is 6.44. The SMILES string of the molecule is Cn1c2cc(O)c(O)c3c2cc1c1c(O)c(O)cc2c1cc(c1cc4c(c(O)c(O)cc4n1C)c1c(O)c(O)cc4c1cc(c1cc5c3c(O)c(O)cc5n1C)n4C)n2C. The lowest BCUT2D eigenvalue weighted by molar-refractivity contribution is 0.406. The van der Waals surface area contributed by atoms with Crippen molar-refractivity contribution in [2.75, 3.05) is 0 Å². The van der Waals surface area contributed by atoms with Crippen molar-refractivity contribution in [3.05, 3.63) is 60.7 Å². The first kappa shape index (κ1) is 35.0. The molecule has 0 aliphatic heterocycles. The molecule has 15 heteroatoms. The molecule has 60 heavy (non-hydrogen) atoms. The third-order valence-electron chi connectivity index (χ3n) is 12.8. The van der Waals surface area contributed by atoms with Gasteiger partial charge >= 0.3 is 0 Å². The Morgan fingerprint density at radius 1 is 0.233 bits per heavy atom. The predicted molar refractivity (Wildman–Crippen MR) is 231 cm³/mol. The van der Waals surface area contributed by atoms with E-state index < -0.39 is 57.5 Å². The van der Waals surface area contributed by atoms with Crippen LogP contribution in [0, 0.1) is 0 Å². The maximum Gasteiger partial charge on any atom is 0.167 e. The van der Waals surface area contributed by atoms with Crippen molar-refractivity contribution in [1.82, 2.24) is 22.8 Å². The van der Waals surface area contributed by atoms with Gasteiger partial charge in [0.2, 0.25) is 0 Å². The van der Waals surface area contributed by atoms with E-state index >= 15 is 0 Å². The van der Waals surface area contributed by atoms with E-state index in [9.17, 15) is 51.1 Å². The molecule has 300 valence electrons. The maximum absolute atomic E-state index is 11.7. The first-order chi connectivity index (χ1) is 28.5. The highest BCUT2D eigenvalue weighted by molar-refractivity contribution is 6.26.